The molecule has 0 radical (unpaired) electrons. The van der Waals surface area contributed by atoms with Crippen molar-refractivity contribution >= 4 is 23.3 Å². The van der Waals surface area contributed by atoms with Crippen molar-refractivity contribution in [3.63, 3.8) is 0 Å². The summed E-state index contributed by atoms with van der Waals surface area (Å²) in [4.78, 5) is 11.1. The maximum Gasteiger partial charge on any atom is 0.333 e. The van der Waals surface area contributed by atoms with Gasteiger partial charge in [0.25, 0.3) is 0 Å². The second kappa shape index (κ2) is 6.95. The van der Waals surface area contributed by atoms with E-state index in [2.05, 4.69) is 5.32 Å². The first-order valence-corrected chi connectivity index (χ1v) is 5.45. The quantitative estimate of drug-likeness (QED) is 0.274. The molecule has 17 heavy (non-hydrogen) atoms. The highest BCUT2D eigenvalue weighted by Gasteiger charge is 2.10. The Morgan fingerprint density at radius 2 is 2.24 bits per heavy atom. The van der Waals surface area contributed by atoms with Crippen LogP contribution in [0.3, 0.4) is 0 Å². The zero-order valence-corrected chi connectivity index (χ0v) is 9.96. The molecule has 0 aromatic heterocycles. The van der Waals surface area contributed by atoms with Gasteiger partial charge in [-0.3, -0.25) is 5.43 Å². The van der Waals surface area contributed by atoms with E-state index in [0.717, 1.165) is 6.42 Å². The Labute approximate surface area is 104 Å². The van der Waals surface area contributed by atoms with Gasteiger partial charge < -0.3 is 15.8 Å². The van der Waals surface area contributed by atoms with Crippen molar-refractivity contribution in [3.8, 4) is 5.75 Å². The largest absolute Gasteiger partial charge is 0.491 e. The third kappa shape index (κ3) is 4.10. The summed E-state index contributed by atoms with van der Waals surface area (Å²) in [7, 11) is 0. The van der Waals surface area contributed by atoms with E-state index in [-0.39, 0.29) is 0 Å². The molecule has 0 atom stereocenters. The second-order valence-electron chi connectivity index (χ2n) is 3.20. The number of amides is 2. The molecule has 7 heteroatoms. The number of halogens is 1. The molecule has 0 bridgehead atoms. The van der Waals surface area contributed by atoms with Crippen molar-refractivity contribution in [2.75, 3.05) is 18.5 Å². The van der Waals surface area contributed by atoms with Crippen molar-refractivity contribution in [1.82, 2.24) is 5.43 Å². The molecule has 0 fully saturated rings. The topological polar surface area (TPSA) is 102 Å². The van der Waals surface area contributed by atoms with Crippen LogP contribution in [0.1, 0.15) is 6.42 Å². The first-order valence-electron chi connectivity index (χ1n) is 5.08. The number of hydrogen-bond donors (Lipinski definition) is 4. The molecule has 0 unspecified atom stereocenters. The molecular formula is C10H15ClN4O2. The Hall–Kier alpha value is -1.50. The van der Waals surface area contributed by atoms with E-state index in [4.69, 9.17) is 27.9 Å². The van der Waals surface area contributed by atoms with Gasteiger partial charge >= 0.3 is 6.03 Å². The van der Waals surface area contributed by atoms with Gasteiger partial charge in [-0.05, 0) is 25.1 Å². The van der Waals surface area contributed by atoms with Crippen LogP contribution in [-0.4, -0.2) is 19.2 Å². The molecule has 0 spiro atoms. The Kier molecular flexibility index (Phi) is 5.55. The van der Waals surface area contributed by atoms with Crippen molar-refractivity contribution in [3.05, 3.63) is 23.2 Å². The van der Waals surface area contributed by atoms with Crippen molar-refractivity contribution in [2.24, 2.45) is 11.6 Å². The number of para-hydroxylation sites is 1. The average molecular weight is 259 g/mol. The fraction of sp³-hybridized carbons (Fsp3) is 0.300. The minimum atomic E-state index is -0.568. The van der Waals surface area contributed by atoms with E-state index < -0.39 is 6.03 Å². The lowest BCUT2D eigenvalue weighted by atomic mass is 10.3. The molecule has 0 saturated carbocycles. The lowest BCUT2D eigenvalue weighted by molar-refractivity contribution is 0.252. The molecule has 0 heterocycles. The Bertz CT molecular complexity index is 387. The van der Waals surface area contributed by atoms with Crippen LogP contribution in [0.25, 0.3) is 0 Å². The lowest BCUT2D eigenvalue weighted by Gasteiger charge is -2.13. The van der Waals surface area contributed by atoms with E-state index in [9.17, 15) is 4.79 Å². The van der Waals surface area contributed by atoms with Crippen molar-refractivity contribution in [2.45, 2.75) is 6.42 Å². The van der Waals surface area contributed by atoms with Gasteiger partial charge in [0, 0.05) is 0 Å². The Balaban J connectivity index is 2.80. The molecule has 0 aliphatic carbocycles. The number of ether oxygens (including phenoxy) is 1. The first-order chi connectivity index (χ1) is 8.19. The molecule has 94 valence electrons. The number of rotatable bonds is 5. The van der Waals surface area contributed by atoms with Crippen LogP contribution in [0.4, 0.5) is 10.5 Å². The highest BCUT2D eigenvalue weighted by atomic mass is 35.5. The van der Waals surface area contributed by atoms with Gasteiger partial charge in [0.05, 0.1) is 11.6 Å². The van der Waals surface area contributed by atoms with Crippen LogP contribution in [0.15, 0.2) is 18.2 Å². The third-order valence-electron chi connectivity index (χ3n) is 1.95. The second-order valence-corrected chi connectivity index (χ2v) is 3.61. The number of carbonyl (C=O) groups is 1. The molecule has 1 rings (SSSR count). The number of anilines is 1. The molecule has 2 amide bonds. The first kappa shape index (κ1) is 13.6. The third-order valence-corrected chi connectivity index (χ3v) is 2.27. The summed E-state index contributed by atoms with van der Waals surface area (Å²) >= 11 is 5.96. The van der Waals surface area contributed by atoms with Crippen LogP contribution in [-0.2, 0) is 0 Å². The molecular weight excluding hydrogens is 244 g/mol. The number of hydrazine groups is 1. The monoisotopic (exact) mass is 258 g/mol. The van der Waals surface area contributed by atoms with Crippen molar-refractivity contribution in [1.29, 1.82) is 0 Å². The Morgan fingerprint density at radius 3 is 2.88 bits per heavy atom. The highest BCUT2D eigenvalue weighted by Crippen LogP contribution is 2.32. The Morgan fingerprint density at radius 1 is 1.47 bits per heavy atom. The zero-order chi connectivity index (χ0) is 12.7. The summed E-state index contributed by atoms with van der Waals surface area (Å²) in [5.74, 6) is 5.46. The van der Waals surface area contributed by atoms with E-state index >= 15 is 0 Å². The molecule has 0 aliphatic heterocycles. The summed E-state index contributed by atoms with van der Waals surface area (Å²) in [6.45, 7) is 0.988. The van der Waals surface area contributed by atoms with Crippen LogP contribution < -0.4 is 27.1 Å². The number of nitrogens with two attached hydrogens (primary N) is 2. The minimum Gasteiger partial charge on any atom is -0.491 e. The average Bonchev–Trinajstić information content (AvgIpc) is 2.33. The predicted octanol–water partition coefficient (Wildman–Crippen LogP) is 1.06. The minimum absolute atomic E-state index is 0.374. The number of hydrogen-bond acceptors (Lipinski definition) is 4. The van der Waals surface area contributed by atoms with Gasteiger partial charge in [0.1, 0.15) is 11.4 Å². The van der Waals surface area contributed by atoms with Gasteiger partial charge in [0.15, 0.2) is 0 Å². The number of urea groups is 1. The summed E-state index contributed by atoms with van der Waals surface area (Å²) in [6, 6.07) is 4.51. The van der Waals surface area contributed by atoms with Gasteiger partial charge in [-0.2, -0.15) is 0 Å². The van der Waals surface area contributed by atoms with Crippen LogP contribution in [0, 0.1) is 0 Å². The van der Waals surface area contributed by atoms with E-state index in [1.807, 2.05) is 5.43 Å². The molecule has 0 saturated heterocycles. The summed E-state index contributed by atoms with van der Waals surface area (Å²) in [5.41, 5.74) is 7.69. The van der Waals surface area contributed by atoms with Crippen LogP contribution in [0.5, 0.6) is 5.75 Å². The summed E-state index contributed by atoms with van der Waals surface area (Å²) in [5, 5.41) is 2.87. The van der Waals surface area contributed by atoms with Crippen LogP contribution >= 0.6 is 11.6 Å². The molecule has 1 aromatic carbocycles. The maximum absolute atomic E-state index is 11.1. The summed E-state index contributed by atoms with van der Waals surface area (Å²) < 4.78 is 5.46. The van der Waals surface area contributed by atoms with Gasteiger partial charge in [-0.1, -0.05) is 17.7 Å². The van der Waals surface area contributed by atoms with Gasteiger partial charge in [-0.15, -0.1) is 0 Å². The van der Waals surface area contributed by atoms with E-state index in [0.29, 0.717) is 29.6 Å². The molecule has 0 aliphatic rings. The highest BCUT2D eigenvalue weighted by molar-refractivity contribution is 6.34. The normalized spacial score (nSPS) is 9.82. The molecule has 6 nitrogen and oxygen atoms in total. The fourth-order valence-corrected chi connectivity index (χ4v) is 1.37. The SMILES string of the molecule is NCCCOc1cccc(Cl)c1NC(=O)NN. The van der Waals surface area contributed by atoms with E-state index in [1.165, 1.54) is 0 Å². The fourth-order valence-electron chi connectivity index (χ4n) is 1.16. The number of nitrogens with one attached hydrogen (secondary N) is 2. The number of carbonyl (C=O) groups excluding carboxylic acids is 1. The van der Waals surface area contributed by atoms with Gasteiger partial charge in [-0.25, -0.2) is 10.6 Å². The van der Waals surface area contributed by atoms with Gasteiger partial charge in [0.2, 0.25) is 0 Å². The zero-order valence-electron chi connectivity index (χ0n) is 9.20. The van der Waals surface area contributed by atoms with E-state index in [1.54, 1.807) is 18.2 Å². The predicted molar refractivity (Wildman–Crippen MR) is 67.0 cm³/mol. The smallest absolute Gasteiger partial charge is 0.333 e. The molecule has 6 N–H and O–H groups in total. The van der Waals surface area contributed by atoms with Crippen LogP contribution in [0.2, 0.25) is 5.02 Å². The maximum atomic E-state index is 11.1. The molecule has 1 aromatic rings. The standard InChI is InChI=1S/C10H15ClN4O2/c11-7-3-1-4-8(17-6-2-5-12)9(7)14-10(16)15-13/h1,3-4H,2,5-6,12-13H2,(H2,14,15,16). The summed E-state index contributed by atoms with van der Waals surface area (Å²) in [6.07, 6.45) is 0.717. The lowest BCUT2D eigenvalue weighted by Crippen LogP contribution is -2.34. The van der Waals surface area contributed by atoms with Crippen molar-refractivity contribution < 1.29 is 9.53 Å². The number of benzene rings is 1.